The molecule has 1 fully saturated rings. The number of aromatic nitrogens is 1. The van der Waals surface area contributed by atoms with Crippen molar-refractivity contribution in [2.24, 2.45) is 0 Å². The van der Waals surface area contributed by atoms with Crippen molar-refractivity contribution in [3.05, 3.63) is 60.0 Å². The Labute approximate surface area is 156 Å². The van der Waals surface area contributed by atoms with Crippen LogP contribution in [0.5, 0.6) is 5.75 Å². The van der Waals surface area contributed by atoms with Gasteiger partial charge in [-0.2, -0.15) is 0 Å². The fourth-order valence-electron chi connectivity index (χ4n) is 3.38. The van der Waals surface area contributed by atoms with Crippen LogP contribution in [-0.2, 0) is 4.79 Å². The topological polar surface area (TPSA) is 72.6 Å². The zero-order valence-electron chi connectivity index (χ0n) is 14.8. The van der Waals surface area contributed by atoms with E-state index in [1.54, 1.807) is 29.2 Å². The molecule has 4 rings (SSSR count). The first-order valence-electron chi connectivity index (χ1n) is 9.05. The van der Waals surface area contributed by atoms with Gasteiger partial charge < -0.3 is 14.1 Å². The van der Waals surface area contributed by atoms with E-state index in [4.69, 9.17) is 9.15 Å². The lowest BCUT2D eigenvalue weighted by atomic mass is 9.97. The Morgan fingerprint density at radius 1 is 1.15 bits per heavy atom. The van der Waals surface area contributed by atoms with Crippen LogP contribution >= 0.6 is 0 Å². The Morgan fingerprint density at radius 2 is 1.89 bits per heavy atom. The summed E-state index contributed by atoms with van der Waals surface area (Å²) in [7, 11) is 0. The fraction of sp³-hybridized carbons (Fsp3) is 0.286. The molecule has 0 saturated carbocycles. The van der Waals surface area contributed by atoms with Crippen LogP contribution in [0.2, 0.25) is 0 Å². The SMILES string of the molecule is O=Cc1ccccc1OCC(=O)N1CCC(c2nc3ccccc3o2)CC1. The Balaban J connectivity index is 1.33. The van der Waals surface area contributed by atoms with Crippen LogP contribution in [0.1, 0.15) is 35.0 Å². The normalized spacial score (nSPS) is 15.0. The monoisotopic (exact) mass is 364 g/mol. The molecule has 2 heterocycles. The van der Waals surface area contributed by atoms with Gasteiger partial charge in [-0.3, -0.25) is 9.59 Å². The highest BCUT2D eigenvalue weighted by molar-refractivity contribution is 5.81. The fourth-order valence-corrected chi connectivity index (χ4v) is 3.38. The van der Waals surface area contributed by atoms with Crippen molar-refractivity contribution in [2.75, 3.05) is 19.7 Å². The molecule has 1 aliphatic heterocycles. The number of likely N-dealkylation sites (tertiary alicyclic amines) is 1. The van der Waals surface area contributed by atoms with Gasteiger partial charge in [-0.05, 0) is 37.1 Å². The maximum atomic E-state index is 12.4. The van der Waals surface area contributed by atoms with Crippen molar-refractivity contribution in [3.8, 4) is 5.75 Å². The van der Waals surface area contributed by atoms with Gasteiger partial charge in [0.2, 0.25) is 0 Å². The minimum absolute atomic E-state index is 0.0710. The van der Waals surface area contributed by atoms with Crippen molar-refractivity contribution in [3.63, 3.8) is 0 Å². The second-order valence-corrected chi connectivity index (χ2v) is 6.62. The number of nitrogens with zero attached hydrogens (tertiary/aromatic N) is 2. The Kier molecular flexibility index (Phi) is 4.87. The number of para-hydroxylation sites is 3. The zero-order chi connectivity index (χ0) is 18.6. The third kappa shape index (κ3) is 3.69. The highest BCUT2D eigenvalue weighted by Crippen LogP contribution is 2.30. The highest BCUT2D eigenvalue weighted by Gasteiger charge is 2.27. The van der Waals surface area contributed by atoms with E-state index in [0.717, 1.165) is 36.1 Å². The minimum atomic E-state index is -0.0771. The summed E-state index contributed by atoms with van der Waals surface area (Å²) in [6.45, 7) is 1.21. The van der Waals surface area contributed by atoms with Gasteiger partial charge in [0.25, 0.3) is 5.91 Å². The Morgan fingerprint density at radius 3 is 2.67 bits per heavy atom. The second kappa shape index (κ2) is 7.61. The van der Waals surface area contributed by atoms with Crippen LogP contribution in [0.4, 0.5) is 0 Å². The number of hydrogen-bond donors (Lipinski definition) is 0. The summed E-state index contributed by atoms with van der Waals surface area (Å²) >= 11 is 0. The molecule has 0 aliphatic carbocycles. The van der Waals surface area contributed by atoms with Gasteiger partial charge in [-0.1, -0.05) is 24.3 Å². The molecule has 1 saturated heterocycles. The van der Waals surface area contributed by atoms with Gasteiger partial charge >= 0.3 is 0 Å². The summed E-state index contributed by atoms with van der Waals surface area (Å²) in [6, 6.07) is 14.6. The third-order valence-corrected chi connectivity index (χ3v) is 4.90. The number of hydrogen-bond acceptors (Lipinski definition) is 5. The van der Waals surface area contributed by atoms with Crippen LogP contribution in [0.3, 0.4) is 0 Å². The lowest BCUT2D eigenvalue weighted by Gasteiger charge is -2.30. The number of amides is 1. The lowest BCUT2D eigenvalue weighted by molar-refractivity contribution is -0.134. The summed E-state index contributed by atoms with van der Waals surface area (Å²) in [5.74, 6) is 1.33. The number of benzene rings is 2. The first kappa shape index (κ1) is 17.3. The Bertz CT molecular complexity index is 924. The maximum Gasteiger partial charge on any atom is 0.260 e. The van der Waals surface area contributed by atoms with E-state index in [1.165, 1.54) is 0 Å². The summed E-state index contributed by atoms with van der Waals surface area (Å²) in [4.78, 5) is 29.8. The van der Waals surface area contributed by atoms with Crippen LogP contribution < -0.4 is 4.74 Å². The van der Waals surface area contributed by atoms with Crippen LogP contribution in [0.25, 0.3) is 11.1 Å². The predicted molar refractivity (Wildman–Crippen MR) is 99.9 cm³/mol. The van der Waals surface area contributed by atoms with Gasteiger partial charge in [0, 0.05) is 19.0 Å². The molecule has 0 unspecified atom stereocenters. The number of rotatable bonds is 5. The second-order valence-electron chi connectivity index (χ2n) is 6.62. The molecule has 1 aliphatic rings. The maximum absolute atomic E-state index is 12.4. The van der Waals surface area contributed by atoms with E-state index >= 15 is 0 Å². The highest BCUT2D eigenvalue weighted by atomic mass is 16.5. The average Bonchev–Trinajstić information content (AvgIpc) is 3.16. The number of carbonyl (C=O) groups excluding carboxylic acids is 2. The molecule has 2 aromatic carbocycles. The lowest BCUT2D eigenvalue weighted by Crippen LogP contribution is -2.40. The van der Waals surface area contributed by atoms with Crippen molar-refractivity contribution in [1.82, 2.24) is 9.88 Å². The van der Waals surface area contributed by atoms with Gasteiger partial charge in [0.05, 0.1) is 5.56 Å². The molecule has 0 atom stereocenters. The summed E-state index contributed by atoms with van der Waals surface area (Å²) in [6.07, 6.45) is 2.35. The number of piperidine rings is 1. The van der Waals surface area contributed by atoms with Crippen molar-refractivity contribution in [2.45, 2.75) is 18.8 Å². The van der Waals surface area contributed by atoms with E-state index in [-0.39, 0.29) is 18.4 Å². The van der Waals surface area contributed by atoms with Crippen molar-refractivity contribution >= 4 is 23.3 Å². The quantitative estimate of drug-likeness (QED) is 0.649. The molecule has 0 N–H and O–H groups in total. The van der Waals surface area contributed by atoms with Gasteiger partial charge in [-0.15, -0.1) is 0 Å². The molecule has 0 radical (unpaired) electrons. The standard InChI is InChI=1S/C21H20N2O4/c24-13-16-5-1-3-7-18(16)26-14-20(25)23-11-9-15(10-12-23)21-22-17-6-2-4-8-19(17)27-21/h1-8,13,15H,9-12,14H2. The van der Waals surface area contributed by atoms with E-state index in [1.807, 2.05) is 24.3 Å². The van der Waals surface area contributed by atoms with Gasteiger partial charge in [0.15, 0.2) is 24.4 Å². The van der Waals surface area contributed by atoms with Crippen molar-refractivity contribution < 1.29 is 18.7 Å². The number of aldehydes is 1. The largest absolute Gasteiger partial charge is 0.483 e. The molecule has 6 heteroatoms. The van der Waals surface area contributed by atoms with Crippen LogP contribution in [0, 0.1) is 0 Å². The predicted octanol–water partition coefficient (Wildman–Crippen LogP) is 3.43. The first-order chi connectivity index (χ1) is 13.2. The number of ether oxygens (including phenoxy) is 1. The number of oxazole rings is 1. The summed E-state index contributed by atoms with van der Waals surface area (Å²) in [5.41, 5.74) is 2.11. The molecule has 3 aromatic rings. The first-order valence-corrected chi connectivity index (χ1v) is 9.05. The molecule has 1 aromatic heterocycles. The van der Waals surface area contributed by atoms with Crippen molar-refractivity contribution in [1.29, 1.82) is 0 Å². The van der Waals surface area contributed by atoms with Gasteiger partial charge in [-0.25, -0.2) is 4.98 Å². The summed E-state index contributed by atoms with van der Waals surface area (Å²) in [5, 5.41) is 0. The molecule has 0 spiro atoms. The smallest absolute Gasteiger partial charge is 0.260 e. The molecule has 138 valence electrons. The Hall–Kier alpha value is -3.15. The van der Waals surface area contributed by atoms with E-state index in [9.17, 15) is 9.59 Å². The zero-order valence-corrected chi connectivity index (χ0v) is 14.8. The molecule has 0 bridgehead atoms. The van der Waals surface area contributed by atoms with E-state index < -0.39 is 0 Å². The molecular formula is C21H20N2O4. The molecular weight excluding hydrogens is 344 g/mol. The molecule has 1 amide bonds. The molecule has 27 heavy (non-hydrogen) atoms. The average molecular weight is 364 g/mol. The van der Waals surface area contributed by atoms with Crippen LogP contribution in [-0.4, -0.2) is 41.8 Å². The minimum Gasteiger partial charge on any atom is -0.483 e. The third-order valence-electron chi connectivity index (χ3n) is 4.90. The van der Waals surface area contributed by atoms with Crippen LogP contribution in [0.15, 0.2) is 52.9 Å². The van der Waals surface area contributed by atoms with E-state index in [0.29, 0.717) is 24.4 Å². The number of fused-ring (bicyclic) bond motifs is 1. The van der Waals surface area contributed by atoms with Gasteiger partial charge in [0.1, 0.15) is 11.3 Å². The summed E-state index contributed by atoms with van der Waals surface area (Å²) < 4.78 is 11.4. The number of carbonyl (C=O) groups is 2. The van der Waals surface area contributed by atoms with E-state index in [2.05, 4.69) is 4.98 Å². The molecule has 6 nitrogen and oxygen atoms in total.